The van der Waals surface area contributed by atoms with Gasteiger partial charge in [-0.25, -0.2) is 4.39 Å². The van der Waals surface area contributed by atoms with E-state index in [2.05, 4.69) is 5.32 Å². The average molecular weight is 283 g/mol. The van der Waals surface area contributed by atoms with E-state index in [1.807, 2.05) is 0 Å². The molecule has 1 aromatic rings. The van der Waals surface area contributed by atoms with Gasteiger partial charge in [-0.2, -0.15) is 0 Å². The van der Waals surface area contributed by atoms with Crippen LogP contribution in [0.5, 0.6) is 0 Å². The van der Waals surface area contributed by atoms with Crippen LogP contribution in [0.1, 0.15) is 0 Å². The van der Waals surface area contributed by atoms with Crippen LogP contribution in [0.2, 0.25) is 0 Å². The van der Waals surface area contributed by atoms with Gasteiger partial charge in [0, 0.05) is 0 Å². The first-order valence-corrected chi connectivity index (χ1v) is 5.65. The van der Waals surface area contributed by atoms with Gasteiger partial charge in [0.2, 0.25) is 11.8 Å². The predicted octanol–water partition coefficient (Wildman–Crippen LogP) is -0.364. The molecule has 20 heavy (non-hydrogen) atoms. The number of anilines is 1. The van der Waals surface area contributed by atoms with Gasteiger partial charge in [0.15, 0.2) is 0 Å². The highest BCUT2D eigenvalue weighted by atomic mass is 19.1. The van der Waals surface area contributed by atoms with Gasteiger partial charge < -0.3 is 16.2 Å². The topological polar surface area (TPSA) is 113 Å². The summed E-state index contributed by atoms with van der Waals surface area (Å²) in [5.41, 5.74) is 4.93. The molecule has 0 radical (unpaired) electrons. The second-order valence-electron chi connectivity index (χ2n) is 4.03. The highest BCUT2D eigenvalue weighted by molar-refractivity contribution is 5.93. The Kier molecular flexibility index (Phi) is 5.60. The molecule has 108 valence electrons. The number of halogens is 1. The summed E-state index contributed by atoms with van der Waals surface area (Å²) in [6.07, 6.45) is 0. The van der Waals surface area contributed by atoms with Crippen molar-refractivity contribution in [3.63, 3.8) is 0 Å². The van der Waals surface area contributed by atoms with Crippen LogP contribution in [-0.4, -0.2) is 47.4 Å². The minimum absolute atomic E-state index is 0.0214. The van der Waals surface area contributed by atoms with Crippen molar-refractivity contribution >= 4 is 23.5 Å². The Morgan fingerprint density at radius 3 is 2.40 bits per heavy atom. The molecule has 0 saturated heterocycles. The molecule has 0 heterocycles. The van der Waals surface area contributed by atoms with Crippen molar-refractivity contribution in [3.05, 3.63) is 30.1 Å². The first-order chi connectivity index (χ1) is 9.38. The Balaban J connectivity index is 2.64. The Bertz CT molecular complexity index is 505. The van der Waals surface area contributed by atoms with E-state index in [9.17, 15) is 18.8 Å². The number of carboxylic acid groups (broad SMARTS) is 1. The van der Waals surface area contributed by atoms with Gasteiger partial charge in [0.05, 0.1) is 25.3 Å². The first-order valence-electron chi connectivity index (χ1n) is 5.65. The quantitative estimate of drug-likeness (QED) is 0.632. The molecular formula is C12H14FN3O4. The lowest BCUT2D eigenvalue weighted by Crippen LogP contribution is -2.42. The summed E-state index contributed by atoms with van der Waals surface area (Å²) in [6, 6.07) is 5.54. The number of nitrogens with two attached hydrogens (primary N) is 1. The largest absolute Gasteiger partial charge is 0.480 e. The van der Waals surface area contributed by atoms with E-state index in [0.29, 0.717) is 0 Å². The first kappa shape index (κ1) is 15.6. The number of nitrogens with one attached hydrogen (secondary N) is 1. The molecule has 0 aliphatic rings. The lowest BCUT2D eigenvalue weighted by Gasteiger charge is -2.17. The summed E-state index contributed by atoms with van der Waals surface area (Å²) >= 11 is 0. The highest BCUT2D eigenvalue weighted by Crippen LogP contribution is 2.12. The van der Waals surface area contributed by atoms with Crippen LogP contribution in [0.3, 0.4) is 0 Å². The van der Waals surface area contributed by atoms with Crippen molar-refractivity contribution < 1.29 is 23.9 Å². The number of carbonyl (C=O) groups is 3. The zero-order chi connectivity index (χ0) is 15.1. The van der Waals surface area contributed by atoms with Crippen LogP contribution in [-0.2, 0) is 14.4 Å². The molecule has 0 aliphatic carbocycles. The maximum Gasteiger partial charge on any atom is 0.317 e. The second-order valence-corrected chi connectivity index (χ2v) is 4.03. The SMILES string of the molecule is NC(=O)CN(CC(=O)O)CC(=O)Nc1ccccc1F. The van der Waals surface area contributed by atoms with E-state index in [0.717, 1.165) is 4.90 Å². The maximum absolute atomic E-state index is 13.3. The third-order valence-corrected chi connectivity index (χ3v) is 2.25. The van der Waals surface area contributed by atoms with Crippen molar-refractivity contribution in [2.24, 2.45) is 5.73 Å². The smallest absolute Gasteiger partial charge is 0.317 e. The van der Waals surface area contributed by atoms with E-state index < -0.39 is 30.1 Å². The molecular weight excluding hydrogens is 269 g/mol. The monoisotopic (exact) mass is 283 g/mol. The summed E-state index contributed by atoms with van der Waals surface area (Å²) in [5.74, 6) is -3.21. The summed E-state index contributed by atoms with van der Waals surface area (Å²) < 4.78 is 13.3. The molecule has 0 fully saturated rings. The lowest BCUT2D eigenvalue weighted by atomic mass is 10.3. The van der Waals surface area contributed by atoms with E-state index in [4.69, 9.17) is 10.8 Å². The zero-order valence-corrected chi connectivity index (χ0v) is 10.5. The zero-order valence-electron chi connectivity index (χ0n) is 10.5. The second kappa shape index (κ2) is 7.19. The number of aliphatic carboxylic acids is 1. The minimum Gasteiger partial charge on any atom is -0.480 e. The van der Waals surface area contributed by atoms with Crippen LogP contribution >= 0.6 is 0 Å². The molecule has 0 atom stereocenters. The molecule has 1 rings (SSSR count). The third kappa shape index (κ3) is 5.44. The molecule has 7 nitrogen and oxygen atoms in total. The van der Waals surface area contributed by atoms with Crippen molar-refractivity contribution in [1.29, 1.82) is 0 Å². The van der Waals surface area contributed by atoms with E-state index in [1.165, 1.54) is 24.3 Å². The summed E-state index contributed by atoms with van der Waals surface area (Å²) in [6.45, 7) is -1.28. The number of hydrogen-bond donors (Lipinski definition) is 3. The molecule has 2 amide bonds. The number of primary amides is 1. The van der Waals surface area contributed by atoms with Crippen LogP contribution in [0.4, 0.5) is 10.1 Å². The normalized spacial score (nSPS) is 10.3. The van der Waals surface area contributed by atoms with Crippen LogP contribution in [0, 0.1) is 5.82 Å². The van der Waals surface area contributed by atoms with Gasteiger partial charge in [-0.05, 0) is 12.1 Å². The van der Waals surface area contributed by atoms with Gasteiger partial charge in [-0.3, -0.25) is 19.3 Å². The lowest BCUT2D eigenvalue weighted by molar-refractivity contribution is -0.138. The molecule has 0 aliphatic heterocycles. The Morgan fingerprint density at radius 1 is 1.20 bits per heavy atom. The van der Waals surface area contributed by atoms with Crippen molar-refractivity contribution in [2.45, 2.75) is 0 Å². The Hall–Kier alpha value is -2.48. The molecule has 1 aromatic carbocycles. The standard InChI is InChI=1S/C12H14FN3O4/c13-8-3-1-2-4-9(8)15-11(18)6-16(5-10(14)17)7-12(19)20/h1-4H,5-7H2,(H2,14,17)(H,15,18)(H,19,20). The Morgan fingerprint density at radius 2 is 1.85 bits per heavy atom. The number of hydrogen-bond acceptors (Lipinski definition) is 4. The number of carbonyl (C=O) groups excluding carboxylic acids is 2. The summed E-state index contributed by atoms with van der Waals surface area (Å²) in [4.78, 5) is 34.1. The fraction of sp³-hybridized carbons (Fsp3) is 0.250. The van der Waals surface area contributed by atoms with Gasteiger partial charge in [0.25, 0.3) is 0 Å². The summed E-state index contributed by atoms with van der Waals surface area (Å²) in [5, 5.41) is 10.9. The average Bonchev–Trinajstić information content (AvgIpc) is 2.30. The van der Waals surface area contributed by atoms with Crippen LogP contribution < -0.4 is 11.1 Å². The van der Waals surface area contributed by atoms with E-state index >= 15 is 0 Å². The van der Waals surface area contributed by atoms with Crippen molar-refractivity contribution in [2.75, 3.05) is 25.0 Å². The number of nitrogens with zero attached hydrogens (tertiary/aromatic N) is 1. The molecule has 0 spiro atoms. The van der Waals surface area contributed by atoms with E-state index in [1.54, 1.807) is 0 Å². The number of amides is 2. The number of rotatable bonds is 7. The van der Waals surface area contributed by atoms with Crippen molar-refractivity contribution in [1.82, 2.24) is 4.90 Å². The maximum atomic E-state index is 13.3. The minimum atomic E-state index is -1.20. The van der Waals surface area contributed by atoms with Gasteiger partial charge in [-0.15, -0.1) is 0 Å². The van der Waals surface area contributed by atoms with Crippen LogP contribution in [0.25, 0.3) is 0 Å². The fourth-order valence-electron chi connectivity index (χ4n) is 1.53. The summed E-state index contributed by atoms with van der Waals surface area (Å²) in [7, 11) is 0. The predicted molar refractivity (Wildman–Crippen MR) is 68.3 cm³/mol. The molecule has 4 N–H and O–H groups in total. The molecule has 0 unspecified atom stereocenters. The fourth-order valence-corrected chi connectivity index (χ4v) is 1.53. The Labute approximate surface area is 114 Å². The van der Waals surface area contributed by atoms with Gasteiger partial charge >= 0.3 is 5.97 Å². The van der Waals surface area contributed by atoms with E-state index in [-0.39, 0.29) is 18.8 Å². The highest BCUT2D eigenvalue weighted by Gasteiger charge is 2.16. The molecule has 0 aromatic heterocycles. The van der Waals surface area contributed by atoms with Gasteiger partial charge in [0.1, 0.15) is 5.82 Å². The van der Waals surface area contributed by atoms with Crippen LogP contribution in [0.15, 0.2) is 24.3 Å². The number of para-hydroxylation sites is 1. The molecule has 8 heteroatoms. The third-order valence-electron chi connectivity index (χ3n) is 2.25. The number of benzene rings is 1. The molecule has 0 saturated carbocycles. The molecule has 0 bridgehead atoms. The number of carboxylic acids is 1. The van der Waals surface area contributed by atoms with Crippen molar-refractivity contribution in [3.8, 4) is 0 Å². The van der Waals surface area contributed by atoms with Gasteiger partial charge in [-0.1, -0.05) is 12.1 Å².